The number of benzene rings is 2. The summed E-state index contributed by atoms with van der Waals surface area (Å²) in [7, 11) is -2.84. The largest absolute Gasteiger partial charge is 0.295 e. The summed E-state index contributed by atoms with van der Waals surface area (Å²) < 4.78 is 23.7. The van der Waals surface area contributed by atoms with Crippen LogP contribution in [0.25, 0.3) is 11.1 Å². The molecule has 0 spiro atoms. The smallest absolute Gasteiger partial charge is 0.151 e. The topological polar surface area (TPSA) is 37.4 Å². The van der Waals surface area contributed by atoms with Crippen LogP contribution in [-0.4, -0.2) is 37.4 Å². The van der Waals surface area contributed by atoms with E-state index in [4.69, 9.17) is 0 Å². The van der Waals surface area contributed by atoms with Crippen LogP contribution in [-0.2, 0) is 16.4 Å². The highest BCUT2D eigenvalue weighted by Crippen LogP contribution is 2.23. The minimum atomic E-state index is -2.84. The quantitative estimate of drug-likeness (QED) is 0.747. The average Bonchev–Trinajstić information content (AvgIpc) is 3.00. The van der Waals surface area contributed by atoms with Crippen LogP contribution in [0.4, 0.5) is 0 Å². The first kappa shape index (κ1) is 18.2. The highest BCUT2D eigenvalue weighted by atomic mass is 32.2. The summed E-state index contributed by atoms with van der Waals surface area (Å²) in [4.78, 5) is 2.37. The Balaban J connectivity index is 1.71. The van der Waals surface area contributed by atoms with E-state index in [1.165, 1.54) is 16.7 Å². The molecule has 0 saturated carbocycles. The molecule has 25 heavy (non-hydrogen) atoms. The molecule has 0 aromatic heterocycles. The third kappa shape index (κ3) is 4.93. The van der Waals surface area contributed by atoms with Crippen molar-refractivity contribution in [1.29, 1.82) is 0 Å². The lowest BCUT2D eigenvalue weighted by Gasteiger charge is -2.28. The van der Waals surface area contributed by atoms with Crippen molar-refractivity contribution < 1.29 is 8.42 Å². The number of hydrogen-bond donors (Lipinski definition) is 0. The van der Waals surface area contributed by atoms with E-state index in [1.54, 1.807) is 0 Å². The zero-order chi connectivity index (χ0) is 17.7. The Morgan fingerprint density at radius 3 is 2.28 bits per heavy atom. The summed E-state index contributed by atoms with van der Waals surface area (Å²) in [5.74, 6) is 0.659. The number of unbranched alkanes of at least 4 members (excludes halogenated alkanes) is 1. The number of sulfone groups is 1. The Hall–Kier alpha value is -1.65. The molecule has 0 bridgehead atoms. The normalized spacial score (nSPS) is 19.4. The van der Waals surface area contributed by atoms with Crippen molar-refractivity contribution in [2.24, 2.45) is 0 Å². The van der Waals surface area contributed by atoms with E-state index in [2.05, 4.69) is 60.4 Å². The van der Waals surface area contributed by atoms with Gasteiger partial charge in [0.2, 0.25) is 0 Å². The van der Waals surface area contributed by atoms with Gasteiger partial charge in [-0.25, -0.2) is 8.42 Å². The molecule has 1 atom stereocenters. The molecule has 0 aliphatic carbocycles. The second-order valence-corrected chi connectivity index (χ2v) is 9.17. The standard InChI is InChI=1S/C21H27NO2S/c1-2-3-14-22(21-13-15-25(23,24)17-21)16-18-9-11-20(12-10-18)19-7-5-4-6-8-19/h4-12,21H,2-3,13-17H2,1H3. The summed E-state index contributed by atoms with van der Waals surface area (Å²) in [5.41, 5.74) is 3.69. The van der Waals surface area contributed by atoms with Gasteiger partial charge in [-0.2, -0.15) is 0 Å². The molecule has 1 aliphatic rings. The number of rotatable bonds is 7. The Labute approximate surface area is 151 Å². The van der Waals surface area contributed by atoms with E-state index in [-0.39, 0.29) is 6.04 Å². The molecule has 2 aromatic rings. The number of hydrogen-bond acceptors (Lipinski definition) is 3. The van der Waals surface area contributed by atoms with E-state index in [0.29, 0.717) is 11.5 Å². The molecule has 134 valence electrons. The maximum Gasteiger partial charge on any atom is 0.151 e. The van der Waals surface area contributed by atoms with Crippen molar-refractivity contribution in [2.75, 3.05) is 18.1 Å². The molecule has 1 saturated heterocycles. The van der Waals surface area contributed by atoms with Crippen LogP contribution >= 0.6 is 0 Å². The van der Waals surface area contributed by atoms with Gasteiger partial charge in [-0.05, 0) is 36.1 Å². The molecule has 2 aromatic carbocycles. The maximum atomic E-state index is 11.8. The highest BCUT2D eigenvalue weighted by Gasteiger charge is 2.31. The molecular formula is C21H27NO2S. The molecule has 1 unspecified atom stereocenters. The lowest BCUT2D eigenvalue weighted by molar-refractivity contribution is 0.200. The molecule has 4 heteroatoms. The van der Waals surface area contributed by atoms with Gasteiger partial charge >= 0.3 is 0 Å². The Morgan fingerprint density at radius 1 is 1.00 bits per heavy atom. The van der Waals surface area contributed by atoms with E-state index in [9.17, 15) is 8.42 Å². The zero-order valence-electron chi connectivity index (χ0n) is 14.9. The van der Waals surface area contributed by atoms with Crippen LogP contribution in [0, 0.1) is 0 Å². The van der Waals surface area contributed by atoms with Gasteiger partial charge in [-0.1, -0.05) is 67.9 Å². The fourth-order valence-corrected chi connectivity index (χ4v) is 5.24. The first-order valence-electron chi connectivity index (χ1n) is 9.16. The van der Waals surface area contributed by atoms with E-state index in [1.807, 2.05) is 6.07 Å². The zero-order valence-corrected chi connectivity index (χ0v) is 15.7. The van der Waals surface area contributed by atoms with E-state index >= 15 is 0 Å². The van der Waals surface area contributed by atoms with E-state index < -0.39 is 9.84 Å². The van der Waals surface area contributed by atoms with Crippen molar-refractivity contribution >= 4 is 9.84 Å². The third-order valence-electron chi connectivity index (χ3n) is 4.97. The molecule has 0 N–H and O–H groups in total. The monoisotopic (exact) mass is 357 g/mol. The summed E-state index contributed by atoms with van der Waals surface area (Å²) in [6.45, 7) is 3.98. The van der Waals surface area contributed by atoms with Crippen LogP contribution in [0.5, 0.6) is 0 Å². The maximum absolute atomic E-state index is 11.8. The lowest BCUT2D eigenvalue weighted by Crippen LogP contribution is -2.36. The first-order valence-corrected chi connectivity index (χ1v) is 11.0. The number of nitrogens with zero attached hydrogens (tertiary/aromatic N) is 1. The van der Waals surface area contributed by atoms with Gasteiger partial charge < -0.3 is 0 Å². The van der Waals surface area contributed by atoms with Crippen molar-refractivity contribution in [1.82, 2.24) is 4.90 Å². The van der Waals surface area contributed by atoms with E-state index in [0.717, 1.165) is 32.4 Å². The van der Waals surface area contributed by atoms with Crippen molar-refractivity contribution in [2.45, 2.75) is 38.8 Å². The van der Waals surface area contributed by atoms with Crippen molar-refractivity contribution in [3.63, 3.8) is 0 Å². The van der Waals surface area contributed by atoms with Gasteiger partial charge in [0, 0.05) is 12.6 Å². The second-order valence-electron chi connectivity index (χ2n) is 6.94. The van der Waals surface area contributed by atoms with Gasteiger partial charge in [0.05, 0.1) is 11.5 Å². The first-order chi connectivity index (χ1) is 12.1. The molecule has 3 rings (SSSR count). The minimum absolute atomic E-state index is 0.172. The van der Waals surface area contributed by atoms with Gasteiger partial charge in [-0.15, -0.1) is 0 Å². The fourth-order valence-electron chi connectivity index (χ4n) is 3.48. The Bertz CT molecular complexity index is 769. The SMILES string of the molecule is CCCCN(Cc1ccc(-c2ccccc2)cc1)C1CCS(=O)(=O)C1. The molecule has 0 radical (unpaired) electrons. The molecule has 0 amide bonds. The van der Waals surface area contributed by atoms with Gasteiger partial charge in [-0.3, -0.25) is 4.90 Å². The van der Waals surface area contributed by atoms with Gasteiger partial charge in [0.15, 0.2) is 9.84 Å². The molecular weight excluding hydrogens is 330 g/mol. The lowest BCUT2D eigenvalue weighted by atomic mass is 10.0. The predicted octanol–water partition coefficient (Wildman–Crippen LogP) is 4.14. The Kier molecular flexibility index (Phi) is 5.92. The minimum Gasteiger partial charge on any atom is -0.295 e. The van der Waals surface area contributed by atoms with Crippen LogP contribution in [0.1, 0.15) is 31.7 Å². The Morgan fingerprint density at radius 2 is 1.68 bits per heavy atom. The third-order valence-corrected chi connectivity index (χ3v) is 6.72. The van der Waals surface area contributed by atoms with Crippen LogP contribution < -0.4 is 0 Å². The predicted molar refractivity (Wildman–Crippen MR) is 104 cm³/mol. The summed E-state index contributed by atoms with van der Waals surface area (Å²) >= 11 is 0. The highest BCUT2D eigenvalue weighted by molar-refractivity contribution is 7.91. The fraction of sp³-hybridized carbons (Fsp3) is 0.429. The van der Waals surface area contributed by atoms with Crippen molar-refractivity contribution in [3.8, 4) is 11.1 Å². The molecule has 1 aliphatic heterocycles. The van der Waals surface area contributed by atoms with Gasteiger partial charge in [0.1, 0.15) is 0 Å². The molecule has 1 heterocycles. The summed E-state index contributed by atoms with van der Waals surface area (Å²) in [6.07, 6.45) is 3.01. The van der Waals surface area contributed by atoms with Crippen molar-refractivity contribution in [3.05, 3.63) is 60.2 Å². The van der Waals surface area contributed by atoms with Crippen LogP contribution in [0.15, 0.2) is 54.6 Å². The second kappa shape index (κ2) is 8.15. The molecule has 1 fully saturated rings. The van der Waals surface area contributed by atoms with Crippen LogP contribution in [0.3, 0.4) is 0 Å². The summed E-state index contributed by atoms with van der Waals surface area (Å²) in [6, 6.07) is 19.2. The van der Waals surface area contributed by atoms with Crippen LogP contribution in [0.2, 0.25) is 0 Å². The average molecular weight is 358 g/mol. The summed E-state index contributed by atoms with van der Waals surface area (Å²) in [5, 5.41) is 0. The molecule has 3 nitrogen and oxygen atoms in total. The van der Waals surface area contributed by atoms with Gasteiger partial charge in [0.25, 0.3) is 0 Å².